The van der Waals surface area contributed by atoms with Crippen molar-refractivity contribution in [2.24, 2.45) is 5.92 Å². The molecular formula is C22H29N3OS. The minimum absolute atomic E-state index is 0.220. The van der Waals surface area contributed by atoms with E-state index in [9.17, 15) is 4.79 Å². The fraction of sp³-hybridized carbons (Fsp3) is 0.500. The summed E-state index contributed by atoms with van der Waals surface area (Å²) >= 11 is 1.55. The molecule has 5 heteroatoms. The van der Waals surface area contributed by atoms with E-state index in [0.717, 1.165) is 56.4 Å². The molecule has 0 aliphatic carbocycles. The van der Waals surface area contributed by atoms with Gasteiger partial charge in [-0.05, 0) is 35.8 Å². The second-order valence-corrected chi connectivity index (χ2v) is 8.72. The van der Waals surface area contributed by atoms with Crippen molar-refractivity contribution < 1.29 is 4.79 Å². The Balaban J connectivity index is 1.18. The maximum absolute atomic E-state index is 12.5. The molecule has 2 fully saturated rings. The van der Waals surface area contributed by atoms with Gasteiger partial charge in [-0.3, -0.25) is 9.69 Å². The number of carbonyl (C=O) groups excluding carboxylic acids is 1. The van der Waals surface area contributed by atoms with Gasteiger partial charge in [-0.25, -0.2) is 0 Å². The van der Waals surface area contributed by atoms with E-state index in [1.807, 2.05) is 22.4 Å². The highest BCUT2D eigenvalue weighted by molar-refractivity contribution is 7.12. The average molecular weight is 384 g/mol. The zero-order chi connectivity index (χ0) is 18.5. The third-order valence-electron chi connectivity index (χ3n) is 5.86. The van der Waals surface area contributed by atoms with Crippen LogP contribution in [0.3, 0.4) is 0 Å². The van der Waals surface area contributed by atoms with Crippen molar-refractivity contribution in [2.75, 3.05) is 45.8 Å². The number of hydrogen-bond acceptors (Lipinski definition) is 4. The molecule has 144 valence electrons. The Morgan fingerprint density at radius 1 is 0.889 bits per heavy atom. The van der Waals surface area contributed by atoms with Crippen LogP contribution in [0.25, 0.3) is 0 Å². The monoisotopic (exact) mass is 383 g/mol. The lowest BCUT2D eigenvalue weighted by Gasteiger charge is -2.38. The Kier molecular flexibility index (Phi) is 6.22. The first-order valence-electron chi connectivity index (χ1n) is 10.1. The first-order valence-corrected chi connectivity index (χ1v) is 11.0. The minimum atomic E-state index is 0.220. The quantitative estimate of drug-likeness (QED) is 0.792. The van der Waals surface area contributed by atoms with Gasteiger partial charge in [0.2, 0.25) is 0 Å². The Hall–Kier alpha value is -1.69. The number of hydrogen-bond donors (Lipinski definition) is 0. The highest BCUT2D eigenvalue weighted by Gasteiger charge is 2.26. The van der Waals surface area contributed by atoms with Crippen LogP contribution in [0, 0.1) is 5.92 Å². The number of thiophene rings is 1. The molecule has 4 nitrogen and oxygen atoms in total. The molecule has 4 rings (SSSR count). The average Bonchev–Trinajstić information content (AvgIpc) is 3.25. The number of amides is 1. The topological polar surface area (TPSA) is 26.8 Å². The number of likely N-dealkylation sites (tertiary alicyclic amines) is 1. The van der Waals surface area contributed by atoms with Gasteiger partial charge in [0.15, 0.2) is 0 Å². The smallest absolute Gasteiger partial charge is 0.263 e. The number of carbonyl (C=O) groups is 1. The SMILES string of the molecule is O=C(c1cccs1)N1CCC(CN2CCN(Cc3ccccc3)CC2)CC1. The minimum Gasteiger partial charge on any atom is -0.338 e. The predicted molar refractivity (Wildman–Crippen MR) is 111 cm³/mol. The molecule has 2 aliphatic heterocycles. The van der Waals surface area contributed by atoms with Crippen LogP contribution in [0.15, 0.2) is 47.8 Å². The Morgan fingerprint density at radius 2 is 1.59 bits per heavy atom. The second kappa shape index (κ2) is 9.00. The summed E-state index contributed by atoms with van der Waals surface area (Å²) in [7, 11) is 0. The van der Waals surface area contributed by atoms with E-state index in [-0.39, 0.29) is 5.91 Å². The highest BCUT2D eigenvalue weighted by atomic mass is 32.1. The van der Waals surface area contributed by atoms with Gasteiger partial charge in [0, 0.05) is 52.4 Å². The fourth-order valence-electron chi connectivity index (χ4n) is 4.21. The maximum atomic E-state index is 12.5. The van der Waals surface area contributed by atoms with Crippen LogP contribution < -0.4 is 0 Å². The largest absolute Gasteiger partial charge is 0.338 e. The second-order valence-electron chi connectivity index (χ2n) is 7.78. The van der Waals surface area contributed by atoms with E-state index in [1.54, 1.807) is 11.3 Å². The van der Waals surface area contributed by atoms with E-state index in [2.05, 4.69) is 40.1 Å². The number of piperidine rings is 1. The van der Waals surface area contributed by atoms with Gasteiger partial charge < -0.3 is 9.80 Å². The lowest BCUT2D eigenvalue weighted by atomic mass is 9.95. The van der Waals surface area contributed by atoms with Crippen LogP contribution in [0.1, 0.15) is 28.1 Å². The molecule has 0 saturated carbocycles. The van der Waals surface area contributed by atoms with Crippen molar-refractivity contribution in [3.05, 3.63) is 58.3 Å². The Morgan fingerprint density at radius 3 is 2.26 bits per heavy atom. The molecule has 2 aliphatic rings. The van der Waals surface area contributed by atoms with E-state index >= 15 is 0 Å². The Bertz CT molecular complexity index is 702. The molecule has 1 aromatic carbocycles. The summed E-state index contributed by atoms with van der Waals surface area (Å²) in [6.45, 7) is 8.74. The summed E-state index contributed by atoms with van der Waals surface area (Å²) in [5, 5.41) is 1.98. The maximum Gasteiger partial charge on any atom is 0.263 e. The van der Waals surface area contributed by atoms with Crippen molar-refractivity contribution in [3.8, 4) is 0 Å². The highest BCUT2D eigenvalue weighted by Crippen LogP contribution is 2.22. The van der Waals surface area contributed by atoms with Crippen molar-refractivity contribution >= 4 is 17.2 Å². The van der Waals surface area contributed by atoms with Gasteiger partial charge in [-0.15, -0.1) is 11.3 Å². The fourth-order valence-corrected chi connectivity index (χ4v) is 4.90. The molecule has 2 aromatic rings. The number of piperazine rings is 1. The molecule has 0 atom stereocenters. The zero-order valence-corrected chi connectivity index (χ0v) is 16.7. The van der Waals surface area contributed by atoms with Crippen LogP contribution in [-0.2, 0) is 6.54 Å². The normalized spacial score (nSPS) is 20.1. The van der Waals surface area contributed by atoms with E-state index in [0.29, 0.717) is 0 Å². The van der Waals surface area contributed by atoms with Crippen LogP contribution in [0.5, 0.6) is 0 Å². The third-order valence-corrected chi connectivity index (χ3v) is 6.72. The van der Waals surface area contributed by atoms with Gasteiger partial charge in [-0.1, -0.05) is 36.4 Å². The number of rotatable bonds is 5. The van der Waals surface area contributed by atoms with Crippen LogP contribution in [0.4, 0.5) is 0 Å². The van der Waals surface area contributed by atoms with E-state index in [4.69, 9.17) is 0 Å². The van der Waals surface area contributed by atoms with Crippen LogP contribution in [0.2, 0.25) is 0 Å². The van der Waals surface area contributed by atoms with Gasteiger partial charge in [0.05, 0.1) is 4.88 Å². The first kappa shape index (κ1) is 18.7. The van der Waals surface area contributed by atoms with Gasteiger partial charge in [0.25, 0.3) is 5.91 Å². The summed E-state index contributed by atoms with van der Waals surface area (Å²) in [4.78, 5) is 20.6. The summed E-state index contributed by atoms with van der Waals surface area (Å²) < 4.78 is 0. The molecule has 0 radical (unpaired) electrons. The number of benzene rings is 1. The molecular weight excluding hydrogens is 354 g/mol. The molecule has 0 N–H and O–H groups in total. The molecule has 0 unspecified atom stereocenters. The van der Waals surface area contributed by atoms with Crippen molar-refractivity contribution in [1.29, 1.82) is 0 Å². The molecule has 0 spiro atoms. The Labute approximate surface area is 166 Å². The van der Waals surface area contributed by atoms with E-state index in [1.165, 1.54) is 25.2 Å². The molecule has 27 heavy (non-hydrogen) atoms. The number of nitrogens with zero attached hydrogens (tertiary/aromatic N) is 3. The lowest BCUT2D eigenvalue weighted by molar-refractivity contribution is 0.0633. The van der Waals surface area contributed by atoms with Gasteiger partial charge in [-0.2, -0.15) is 0 Å². The third kappa shape index (κ3) is 4.98. The molecule has 1 amide bonds. The predicted octanol–water partition coefficient (Wildman–Crippen LogP) is 3.42. The van der Waals surface area contributed by atoms with Crippen LogP contribution in [-0.4, -0.2) is 66.4 Å². The zero-order valence-electron chi connectivity index (χ0n) is 15.9. The summed E-state index contributed by atoms with van der Waals surface area (Å²) in [6.07, 6.45) is 2.28. The lowest BCUT2D eigenvalue weighted by Crippen LogP contribution is -2.48. The molecule has 1 aromatic heterocycles. The molecule has 2 saturated heterocycles. The van der Waals surface area contributed by atoms with Crippen molar-refractivity contribution in [1.82, 2.24) is 14.7 Å². The summed E-state index contributed by atoms with van der Waals surface area (Å²) in [5.74, 6) is 0.955. The van der Waals surface area contributed by atoms with Crippen LogP contribution >= 0.6 is 11.3 Å². The van der Waals surface area contributed by atoms with Gasteiger partial charge >= 0.3 is 0 Å². The van der Waals surface area contributed by atoms with Crippen molar-refractivity contribution in [2.45, 2.75) is 19.4 Å². The standard InChI is InChI=1S/C22H29N3OS/c26-22(21-7-4-16-27-21)25-10-8-20(9-11-25)18-24-14-12-23(13-15-24)17-19-5-2-1-3-6-19/h1-7,16,20H,8-15,17-18H2. The molecule has 0 bridgehead atoms. The van der Waals surface area contributed by atoms with Gasteiger partial charge in [0.1, 0.15) is 0 Å². The van der Waals surface area contributed by atoms with Crippen molar-refractivity contribution in [3.63, 3.8) is 0 Å². The first-order chi connectivity index (χ1) is 13.3. The molecule has 3 heterocycles. The summed E-state index contributed by atoms with van der Waals surface area (Å²) in [5.41, 5.74) is 1.41. The van der Waals surface area contributed by atoms with E-state index < -0.39 is 0 Å². The summed E-state index contributed by atoms with van der Waals surface area (Å²) in [6, 6.07) is 14.7.